The number of nitrogens with zero attached hydrogens (tertiary/aromatic N) is 1. The molecular formula is C17H19NO3. The van der Waals surface area contributed by atoms with Crippen LogP contribution in [0.2, 0.25) is 0 Å². The normalized spacial score (nSPS) is 11.1. The van der Waals surface area contributed by atoms with Gasteiger partial charge in [0.1, 0.15) is 0 Å². The Morgan fingerprint density at radius 2 is 2.10 bits per heavy atom. The Bertz CT molecular complexity index is 728. The Hall–Kier alpha value is -2.36. The zero-order valence-corrected chi connectivity index (χ0v) is 12.3. The number of ether oxygens (including phenoxy) is 1. The Morgan fingerprint density at radius 1 is 1.33 bits per heavy atom. The van der Waals surface area contributed by atoms with Crippen LogP contribution < -0.4 is 5.56 Å². The molecule has 2 aromatic rings. The summed E-state index contributed by atoms with van der Waals surface area (Å²) in [4.78, 5) is 23.7. The fraction of sp³-hybridized carbons (Fsp3) is 0.294. The summed E-state index contributed by atoms with van der Waals surface area (Å²) < 4.78 is 6.61. The van der Waals surface area contributed by atoms with E-state index in [0.717, 1.165) is 23.7 Å². The third kappa shape index (κ3) is 3.60. The maximum Gasteiger partial charge on any atom is 0.330 e. The molecule has 0 radical (unpaired) electrons. The van der Waals surface area contributed by atoms with E-state index in [1.807, 2.05) is 31.2 Å². The number of aryl methyl sites for hydroxylation is 1. The standard InChI is InChI=1S/C17H19NO3/c1-3-4-11-21-16(19)10-9-14-12-13-7-5-6-8-15(13)18(2)17(14)20/h5-10,12H,3-4,11H2,1-2H3/b10-9+. The van der Waals surface area contributed by atoms with Crippen LogP contribution in [-0.4, -0.2) is 17.1 Å². The number of hydrogen-bond donors (Lipinski definition) is 0. The van der Waals surface area contributed by atoms with Crippen molar-refractivity contribution >= 4 is 22.9 Å². The first-order valence-electron chi connectivity index (χ1n) is 7.07. The fourth-order valence-electron chi connectivity index (χ4n) is 2.09. The van der Waals surface area contributed by atoms with E-state index in [-0.39, 0.29) is 5.56 Å². The van der Waals surface area contributed by atoms with Gasteiger partial charge in [-0.25, -0.2) is 4.79 Å². The molecule has 110 valence electrons. The van der Waals surface area contributed by atoms with E-state index in [0.29, 0.717) is 12.2 Å². The number of fused-ring (bicyclic) bond motifs is 1. The summed E-state index contributed by atoms with van der Waals surface area (Å²) in [6.45, 7) is 2.44. The van der Waals surface area contributed by atoms with Crippen molar-refractivity contribution in [3.05, 3.63) is 52.3 Å². The predicted molar refractivity (Wildman–Crippen MR) is 84.1 cm³/mol. The molecule has 0 saturated carbocycles. The summed E-state index contributed by atoms with van der Waals surface area (Å²) >= 11 is 0. The van der Waals surface area contributed by atoms with E-state index in [9.17, 15) is 9.59 Å². The van der Waals surface area contributed by atoms with Crippen LogP contribution >= 0.6 is 0 Å². The van der Waals surface area contributed by atoms with Crippen LogP contribution in [0.15, 0.2) is 41.2 Å². The van der Waals surface area contributed by atoms with E-state index in [1.165, 1.54) is 12.2 Å². The molecule has 4 nitrogen and oxygen atoms in total. The number of rotatable bonds is 5. The summed E-state index contributed by atoms with van der Waals surface area (Å²) in [5.74, 6) is -0.418. The molecule has 0 N–H and O–H groups in total. The third-order valence-electron chi connectivity index (χ3n) is 3.30. The van der Waals surface area contributed by atoms with Gasteiger partial charge >= 0.3 is 5.97 Å². The van der Waals surface area contributed by atoms with Crippen LogP contribution in [0.25, 0.3) is 17.0 Å². The van der Waals surface area contributed by atoms with Crippen LogP contribution in [0.5, 0.6) is 0 Å². The zero-order chi connectivity index (χ0) is 15.2. The molecule has 0 aliphatic heterocycles. The topological polar surface area (TPSA) is 48.3 Å². The molecule has 0 amide bonds. The van der Waals surface area contributed by atoms with Crippen molar-refractivity contribution in [2.75, 3.05) is 6.61 Å². The molecule has 2 rings (SSSR count). The summed E-state index contributed by atoms with van der Waals surface area (Å²) in [6.07, 6.45) is 4.64. The van der Waals surface area contributed by atoms with Gasteiger partial charge < -0.3 is 9.30 Å². The van der Waals surface area contributed by atoms with Crippen LogP contribution in [-0.2, 0) is 16.6 Å². The molecule has 0 aliphatic rings. The highest BCUT2D eigenvalue weighted by Crippen LogP contribution is 2.13. The van der Waals surface area contributed by atoms with Gasteiger partial charge in [0.05, 0.1) is 12.1 Å². The Labute approximate surface area is 123 Å². The van der Waals surface area contributed by atoms with Gasteiger partial charge in [-0.05, 0) is 30.0 Å². The van der Waals surface area contributed by atoms with Gasteiger partial charge in [0, 0.05) is 18.7 Å². The van der Waals surface area contributed by atoms with Crippen molar-refractivity contribution in [1.29, 1.82) is 0 Å². The SMILES string of the molecule is CCCCOC(=O)/C=C/c1cc2ccccc2n(C)c1=O. The van der Waals surface area contributed by atoms with Gasteiger partial charge in [-0.2, -0.15) is 0 Å². The van der Waals surface area contributed by atoms with Crippen molar-refractivity contribution in [3.8, 4) is 0 Å². The van der Waals surface area contributed by atoms with Gasteiger partial charge in [-0.15, -0.1) is 0 Å². The lowest BCUT2D eigenvalue weighted by Gasteiger charge is -2.06. The van der Waals surface area contributed by atoms with Gasteiger partial charge in [-0.3, -0.25) is 4.79 Å². The molecule has 0 unspecified atom stereocenters. The molecule has 21 heavy (non-hydrogen) atoms. The first-order chi connectivity index (χ1) is 10.1. The molecule has 0 aliphatic carbocycles. The van der Waals surface area contributed by atoms with Crippen LogP contribution in [0.1, 0.15) is 25.3 Å². The van der Waals surface area contributed by atoms with E-state index in [2.05, 4.69) is 0 Å². The average Bonchev–Trinajstić information content (AvgIpc) is 2.50. The molecule has 0 spiro atoms. The van der Waals surface area contributed by atoms with Crippen LogP contribution in [0.4, 0.5) is 0 Å². The lowest BCUT2D eigenvalue weighted by Crippen LogP contribution is -2.19. The second kappa shape index (κ2) is 6.88. The minimum atomic E-state index is -0.418. The van der Waals surface area contributed by atoms with Crippen LogP contribution in [0.3, 0.4) is 0 Å². The summed E-state index contributed by atoms with van der Waals surface area (Å²) in [7, 11) is 1.72. The van der Waals surface area contributed by atoms with E-state index >= 15 is 0 Å². The third-order valence-corrected chi connectivity index (χ3v) is 3.30. The Balaban J connectivity index is 2.24. The van der Waals surface area contributed by atoms with Gasteiger partial charge in [0.25, 0.3) is 5.56 Å². The second-order valence-corrected chi connectivity index (χ2v) is 4.88. The predicted octanol–water partition coefficient (Wildman–Crippen LogP) is 2.90. The zero-order valence-electron chi connectivity index (χ0n) is 12.3. The van der Waals surface area contributed by atoms with Crippen molar-refractivity contribution in [2.45, 2.75) is 19.8 Å². The Morgan fingerprint density at radius 3 is 2.86 bits per heavy atom. The summed E-state index contributed by atoms with van der Waals surface area (Å²) in [6, 6.07) is 9.42. The lowest BCUT2D eigenvalue weighted by atomic mass is 10.1. The number of esters is 1. The fourth-order valence-corrected chi connectivity index (χ4v) is 2.09. The van der Waals surface area contributed by atoms with Gasteiger partial charge in [0.15, 0.2) is 0 Å². The lowest BCUT2D eigenvalue weighted by molar-refractivity contribution is -0.137. The number of para-hydroxylation sites is 1. The maximum atomic E-state index is 12.2. The van der Waals surface area contributed by atoms with Crippen molar-refractivity contribution in [3.63, 3.8) is 0 Å². The second-order valence-electron chi connectivity index (χ2n) is 4.88. The number of pyridine rings is 1. The number of unbranched alkanes of at least 4 members (excludes halogenated alkanes) is 1. The molecule has 0 atom stereocenters. The molecule has 0 fully saturated rings. The molecule has 1 heterocycles. The molecule has 1 aromatic heterocycles. The quantitative estimate of drug-likeness (QED) is 0.482. The van der Waals surface area contributed by atoms with E-state index in [1.54, 1.807) is 17.7 Å². The monoisotopic (exact) mass is 285 g/mol. The first kappa shape index (κ1) is 15.0. The molecule has 4 heteroatoms. The van der Waals surface area contributed by atoms with E-state index in [4.69, 9.17) is 4.74 Å². The number of carbonyl (C=O) groups excluding carboxylic acids is 1. The number of benzene rings is 1. The summed E-state index contributed by atoms with van der Waals surface area (Å²) in [5, 5.41) is 0.957. The highest BCUT2D eigenvalue weighted by atomic mass is 16.5. The highest BCUT2D eigenvalue weighted by molar-refractivity contribution is 5.88. The molecule has 0 bridgehead atoms. The van der Waals surface area contributed by atoms with Gasteiger partial charge in [0.2, 0.25) is 0 Å². The van der Waals surface area contributed by atoms with Gasteiger partial charge in [-0.1, -0.05) is 31.5 Å². The van der Waals surface area contributed by atoms with Crippen molar-refractivity contribution < 1.29 is 9.53 Å². The average molecular weight is 285 g/mol. The van der Waals surface area contributed by atoms with Crippen molar-refractivity contribution in [2.24, 2.45) is 7.05 Å². The Kier molecular flexibility index (Phi) is 4.93. The minimum Gasteiger partial charge on any atom is -0.463 e. The number of aromatic nitrogens is 1. The summed E-state index contributed by atoms with van der Waals surface area (Å²) in [5.41, 5.74) is 1.21. The molecular weight excluding hydrogens is 266 g/mol. The smallest absolute Gasteiger partial charge is 0.330 e. The molecule has 1 aromatic carbocycles. The minimum absolute atomic E-state index is 0.133. The number of hydrogen-bond acceptors (Lipinski definition) is 3. The number of carbonyl (C=O) groups is 1. The molecule has 0 saturated heterocycles. The highest BCUT2D eigenvalue weighted by Gasteiger charge is 2.04. The van der Waals surface area contributed by atoms with E-state index < -0.39 is 5.97 Å². The largest absolute Gasteiger partial charge is 0.463 e. The van der Waals surface area contributed by atoms with Crippen LogP contribution in [0, 0.1) is 0 Å². The van der Waals surface area contributed by atoms with Crippen molar-refractivity contribution in [1.82, 2.24) is 4.57 Å². The maximum absolute atomic E-state index is 12.2. The first-order valence-corrected chi connectivity index (χ1v) is 7.07.